The molecule has 15 nitrogen and oxygen atoms in total. The fourth-order valence-electron chi connectivity index (χ4n) is 16.8. The zero-order valence-electron chi connectivity index (χ0n) is 76.8. The van der Waals surface area contributed by atoms with Gasteiger partial charge in [-0.2, -0.15) is 0 Å². The summed E-state index contributed by atoms with van der Waals surface area (Å²) in [4.78, 5) is 88.6. The Labute approximate surface area is 807 Å². The summed E-state index contributed by atoms with van der Waals surface area (Å²) in [6.45, 7) is 7.69. The molecule has 17 aromatic carbocycles. The number of aliphatic hydroxyl groups is 1. The van der Waals surface area contributed by atoms with E-state index in [9.17, 15) is 33.6 Å². The molecule has 0 radical (unpaired) electrons. The van der Waals surface area contributed by atoms with Crippen molar-refractivity contribution >= 4 is 106 Å². The molecule has 0 saturated carbocycles. The van der Waals surface area contributed by atoms with Crippen LogP contribution in [0.25, 0.3) is 53.9 Å². The highest BCUT2D eigenvalue weighted by Crippen LogP contribution is 2.30. The van der Waals surface area contributed by atoms with Crippen LogP contribution in [0, 0.1) is 20.8 Å². The molecule has 0 aliphatic heterocycles. The minimum Gasteiger partial charge on any atom is -0.457 e. The summed E-state index contributed by atoms with van der Waals surface area (Å²) in [5.74, 6) is -1.70. The Kier molecular flexibility index (Phi) is 37.5. The largest absolute Gasteiger partial charge is 0.457 e. The number of hydrogen-bond acceptors (Lipinski definition) is 15. The molecular formula is C121H118ClN5O10. The van der Waals surface area contributed by atoms with E-state index >= 15 is 0 Å². The van der Waals surface area contributed by atoms with Crippen molar-refractivity contribution in [1.29, 1.82) is 0 Å². The van der Waals surface area contributed by atoms with Crippen LogP contribution in [0.5, 0.6) is 0 Å². The van der Waals surface area contributed by atoms with Gasteiger partial charge in [0.05, 0.1) is 47.3 Å². The van der Waals surface area contributed by atoms with E-state index in [1.165, 1.54) is 21.7 Å². The summed E-state index contributed by atoms with van der Waals surface area (Å²) in [6.07, 6.45) is 1.84. The number of Topliss-reactive ketones (excluding diaryl/α,β-unsaturated/α-hetero) is 5. The highest BCUT2D eigenvalue weighted by Gasteiger charge is 2.26. The van der Waals surface area contributed by atoms with Gasteiger partial charge in [0.15, 0.2) is 0 Å². The van der Waals surface area contributed by atoms with Gasteiger partial charge in [-0.3, -0.25) is 24.0 Å². The zero-order valence-corrected chi connectivity index (χ0v) is 77.6. The average molecular weight is 1840 g/mol. The topological polar surface area (TPSA) is 288 Å². The fourth-order valence-corrected chi connectivity index (χ4v) is 16.9. The summed E-state index contributed by atoms with van der Waals surface area (Å²) in [7, 11) is 0. The van der Waals surface area contributed by atoms with Gasteiger partial charge in [0.1, 0.15) is 42.1 Å². The smallest absolute Gasteiger partial charge is 0.338 e. The van der Waals surface area contributed by atoms with Gasteiger partial charge < -0.3 is 43.2 Å². The number of ketones is 5. The number of carbonyl (C=O) groups is 7. The molecule has 0 aromatic heterocycles. The maximum Gasteiger partial charge on any atom is 0.338 e. The van der Waals surface area contributed by atoms with Crippen LogP contribution in [-0.4, -0.2) is 78.7 Å². The molecule has 0 saturated heterocycles. The van der Waals surface area contributed by atoms with Crippen LogP contribution in [0.2, 0.25) is 5.02 Å². The maximum atomic E-state index is 13.0. The molecule has 0 heterocycles. The van der Waals surface area contributed by atoms with Gasteiger partial charge in [0, 0.05) is 69.9 Å². The Balaban J connectivity index is 0.000000155. The lowest BCUT2D eigenvalue weighted by Crippen LogP contribution is -2.23. The molecular weight excluding hydrogens is 1720 g/mol. The lowest BCUT2D eigenvalue weighted by molar-refractivity contribution is -0.120. The second kappa shape index (κ2) is 50.6. The van der Waals surface area contributed by atoms with Gasteiger partial charge in [-0.1, -0.05) is 382 Å². The van der Waals surface area contributed by atoms with Crippen molar-refractivity contribution in [1.82, 2.24) is 0 Å². The summed E-state index contributed by atoms with van der Waals surface area (Å²) >= 11 is 5.91. The van der Waals surface area contributed by atoms with Crippen molar-refractivity contribution in [2.24, 2.45) is 28.7 Å². The number of aliphatic hydroxyl groups excluding tert-OH is 1. The maximum absolute atomic E-state index is 13.0. The summed E-state index contributed by atoms with van der Waals surface area (Å²) < 4.78 is 10.9. The van der Waals surface area contributed by atoms with E-state index in [2.05, 4.69) is 97.1 Å². The first-order valence-corrected chi connectivity index (χ1v) is 46.2. The van der Waals surface area contributed by atoms with E-state index in [4.69, 9.17) is 54.8 Å². The second-order valence-electron chi connectivity index (χ2n) is 34.2. The van der Waals surface area contributed by atoms with E-state index in [0.29, 0.717) is 61.3 Å². The first kappa shape index (κ1) is 101. The monoisotopic (exact) mass is 1840 g/mol. The number of esters is 2. The van der Waals surface area contributed by atoms with E-state index in [1.807, 2.05) is 263 Å². The lowest BCUT2D eigenvalue weighted by atomic mass is 9.90. The van der Waals surface area contributed by atoms with Gasteiger partial charge >= 0.3 is 11.9 Å². The zero-order chi connectivity index (χ0) is 95.8. The van der Waals surface area contributed by atoms with Crippen molar-refractivity contribution in [2.45, 2.75) is 110 Å². The number of fused-ring (bicyclic) bond motifs is 5. The standard InChI is InChI=1S/C30H29NO3.C28H25NO3.C21H21NO2.C21H21NO.C20H18ClNO.CH4/c1-20-7-14-27(21(2)15-20)30(33)34-19-22-8-12-25(13-9-22)28(18-31)29(32)17-23-10-11-24-5-3-4-6-26(24)16-23;29-18-26(27(30)17-21-12-13-22-6-4-5-9-25(22)16-21)23-14-10-20(11-15-23)19-32-28(31)24-7-2-1-3-8-24;22-13-20(18-9-5-15(14-23)6-10-18)21(24)12-16-7-8-17-3-1-2-4-19(17)11-16;1-15-6-9-18(10-7-15)20(14-22)21(23)13-16-8-11-17-4-2-3-5-19(17)12-16;21-18-9-7-16(8-10-18)19(13-22)20(23)12-14-5-6-15-3-1-2-4-17(15)11-14;/h3-16,28H,17-19,31H2,1-2H3;1-16,26H,17-19,29H2;1-11,20,23H,12-14,22H2;2-12,20H,13-14,22H2,1H3;1-11,19H,12-13,22H2;1H4/t28-;26-;2*20-;19-;/m10111./s1. The predicted octanol–water partition coefficient (Wildman–Crippen LogP) is 22.9. The molecule has 0 fully saturated rings. The van der Waals surface area contributed by atoms with Gasteiger partial charge in [-0.15, -0.1) is 0 Å². The quantitative estimate of drug-likeness (QED) is 0.0214. The Morgan fingerprint density at radius 3 is 0.781 bits per heavy atom. The van der Waals surface area contributed by atoms with Crippen molar-refractivity contribution in [3.05, 3.63) is 487 Å². The molecule has 0 aliphatic carbocycles. The first-order chi connectivity index (χ1) is 66.1. The number of nitrogens with two attached hydrogens (primary N) is 5. The minimum absolute atomic E-state index is 0. The molecule has 0 unspecified atom stereocenters. The molecule has 0 aliphatic rings. The molecule has 16 heteroatoms. The molecule has 0 bridgehead atoms. The fraction of sp³-hybridized carbons (Fsp3) is 0.182. The number of benzene rings is 17. The van der Waals surface area contributed by atoms with E-state index in [1.54, 1.807) is 42.5 Å². The highest BCUT2D eigenvalue weighted by atomic mass is 35.5. The predicted molar refractivity (Wildman–Crippen MR) is 557 cm³/mol. The molecule has 0 spiro atoms. The van der Waals surface area contributed by atoms with Crippen LogP contribution >= 0.6 is 11.6 Å². The van der Waals surface area contributed by atoms with E-state index in [0.717, 1.165) is 121 Å². The number of hydrogen-bond donors (Lipinski definition) is 6. The molecule has 137 heavy (non-hydrogen) atoms. The average Bonchev–Trinajstić information content (AvgIpc) is 0.845. The third-order valence-electron chi connectivity index (χ3n) is 24.5. The molecule has 5 atom stereocenters. The van der Waals surface area contributed by atoms with E-state index in [-0.39, 0.29) is 117 Å². The summed E-state index contributed by atoms with van der Waals surface area (Å²) in [5, 5.41) is 21.3. The highest BCUT2D eigenvalue weighted by molar-refractivity contribution is 6.30. The minimum atomic E-state index is -0.377. The normalized spacial score (nSPS) is 12.0. The van der Waals surface area contributed by atoms with Crippen LogP contribution in [-0.2, 0) is 85.4 Å². The summed E-state index contributed by atoms with van der Waals surface area (Å²) in [5.41, 5.74) is 45.9. The van der Waals surface area contributed by atoms with Crippen LogP contribution in [0.4, 0.5) is 0 Å². The van der Waals surface area contributed by atoms with Gasteiger partial charge in [-0.05, 0) is 183 Å². The van der Waals surface area contributed by atoms with Crippen molar-refractivity contribution in [3.8, 4) is 0 Å². The Hall–Kier alpha value is -14.6. The van der Waals surface area contributed by atoms with Gasteiger partial charge in [0.25, 0.3) is 0 Å². The third kappa shape index (κ3) is 28.5. The second-order valence-corrected chi connectivity index (χ2v) is 34.7. The first-order valence-electron chi connectivity index (χ1n) is 45.8. The van der Waals surface area contributed by atoms with Crippen LogP contribution in [0.3, 0.4) is 0 Å². The number of carbonyl (C=O) groups excluding carboxylic acids is 7. The Morgan fingerprint density at radius 2 is 0.504 bits per heavy atom. The molecule has 17 rings (SSSR count). The van der Waals surface area contributed by atoms with Gasteiger partial charge in [-0.25, -0.2) is 9.59 Å². The van der Waals surface area contributed by atoms with Crippen molar-refractivity contribution < 1.29 is 48.1 Å². The number of aryl methyl sites for hydroxylation is 3. The summed E-state index contributed by atoms with van der Waals surface area (Å²) in [6, 6.07) is 124. The number of ether oxygens (including phenoxy) is 2. The SMILES string of the molecule is C.Cc1ccc(C(=O)OCc2ccc([C@@H](CN)C(=O)Cc3ccc4ccccc4c3)cc2)c(C)c1.Cc1ccc([C@@H](CN)C(=O)Cc2ccc3ccccc3c2)cc1.NC[C@@H](C(=O)Cc1ccc2ccccc2c1)c1ccc(CO)cc1.NC[C@@H](C(=O)Cc1ccc2ccccc2c1)c1ccc(Cl)cc1.NC[C@H](C(=O)Cc1ccc2ccccc2c1)c1ccc(COC(=O)c2ccccc2)cc1. The van der Waals surface area contributed by atoms with Crippen molar-refractivity contribution in [2.75, 3.05) is 32.7 Å². The lowest BCUT2D eigenvalue weighted by Gasteiger charge is -2.15. The number of rotatable bonds is 32. The Morgan fingerprint density at radius 1 is 0.263 bits per heavy atom. The molecule has 0 amide bonds. The Bertz CT molecular complexity index is 6810. The molecule has 17 aromatic rings. The van der Waals surface area contributed by atoms with Crippen LogP contribution in [0.1, 0.15) is 147 Å². The molecule has 11 N–H and O–H groups in total. The van der Waals surface area contributed by atoms with E-state index < -0.39 is 0 Å². The van der Waals surface area contributed by atoms with Gasteiger partial charge in [0.2, 0.25) is 0 Å². The third-order valence-corrected chi connectivity index (χ3v) is 24.8. The molecule has 694 valence electrons. The number of halogens is 1. The van der Waals surface area contributed by atoms with Crippen LogP contribution < -0.4 is 28.7 Å². The van der Waals surface area contributed by atoms with Crippen LogP contribution in [0.15, 0.2) is 382 Å². The van der Waals surface area contributed by atoms with Crippen molar-refractivity contribution in [3.63, 3.8) is 0 Å².